The van der Waals surface area contributed by atoms with Crippen LogP contribution in [0.25, 0.3) is 0 Å². The highest BCUT2D eigenvalue weighted by Crippen LogP contribution is 2.20. The van der Waals surface area contributed by atoms with Gasteiger partial charge in [-0.05, 0) is 0 Å². The lowest BCUT2D eigenvalue weighted by Gasteiger charge is -2.01. The number of methoxy groups -OCH3 is 2. The lowest BCUT2D eigenvalue weighted by atomic mass is 10.7. The van der Waals surface area contributed by atoms with Crippen LogP contribution in [0, 0.1) is 0 Å². The number of hydrogen-bond donors (Lipinski definition) is 0. The van der Waals surface area contributed by atoms with Crippen molar-refractivity contribution < 1.29 is 9.47 Å². The SMILES string of the molecule is COc1cnc(OC)c(Cl)n1. The number of hydrogen-bond acceptors (Lipinski definition) is 4. The normalized spacial score (nSPS) is 9.36. The Morgan fingerprint density at radius 3 is 2.55 bits per heavy atom. The topological polar surface area (TPSA) is 44.2 Å². The lowest BCUT2D eigenvalue weighted by molar-refractivity contribution is 0.375. The Morgan fingerprint density at radius 1 is 1.36 bits per heavy atom. The minimum atomic E-state index is 0.201. The summed E-state index contributed by atoms with van der Waals surface area (Å²) in [6.45, 7) is 0. The molecule has 0 aliphatic rings. The second kappa shape index (κ2) is 3.39. The van der Waals surface area contributed by atoms with E-state index in [0.29, 0.717) is 11.8 Å². The molecule has 0 aromatic carbocycles. The summed E-state index contributed by atoms with van der Waals surface area (Å²) < 4.78 is 9.56. The molecule has 0 spiro atoms. The molecule has 0 saturated heterocycles. The Labute approximate surface area is 69.1 Å². The molecule has 0 amide bonds. The van der Waals surface area contributed by atoms with E-state index in [9.17, 15) is 0 Å². The Balaban J connectivity index is 2.99. The van der Waals surface area contributed by atoms with Gasteiger partial charge in [-0.2, -0.15) is 4.98 Å². The molecule has 0 unspecified atom stereocenters. The smallest absolute Gasteiger partial charge is 0.252 e. The van der Waals surface area contributed by atoms with Crippen LogP contribution in [0.5, 0.6) is 11.8 Å². The van der Waals surface area contributed by atoms with Crippen LogP contribution in [0.1, 0.15) is 0 Å². The van der Waals surface area contributed by atoms with Crippen LogP contribution < -0.4 is 9.47 Å². The van der Waals surface area contributed by atoms with Crippen LogP contribution in [0.4, 0.5) is 0 Å². The fourth-order valence-corrected chi connectivity index (χ4v) is 0.785. The summed E-state index contributed by atoms with van der Waals surface area (Å²) in [5.74, 6) is 0.670. The van der Waals surface area contributed by atoms with Crippen molar-refractivity contribution in [3.05, 3.63) is 11.3 Å². The maximum absolute atomic E-state index is 5.63. The minimum Gasteiger partial charge on any atom is -0.480 e. The maximum atomic E-state index is 5.63. The monoisotopic (exact) mass is 174 g/mol. The van der Waals surface area contributed by atoms with E-state index in [1.165, 1.54) is 20.4 Å². The molecule has 0 atom stereocenters. The van der Waals surface area contributed by atoms with Crippen LogP contribution >= 0.6 is 11.6 Å². The van der Waals surface area contributed by atoms with Gasteiger partial charge in [-0.15, -0.1) is 0 Å². The second-order valence-corrected chi connectivity index (χ2v) is 2.07. The third-order valence-corrected chi connectivity index (χ3v) is 1.33. The first kappa shape index (κ1) is 8.07. The van der Waals surface area contributed by atoms with Crippen molar-refractivity contribution in [3.8, 4) is 11.8 Å². The van der Waals surface area contributed by atoms with Crippen molar-refractivity contribution in [3.63, 3.8) is 0 Å². The van der Waals surface area contributed by atoms with Gasteiger partial charge < -0.3 is 9.47 Å². The van der Waals surface area contributed by atoms with Gasteiger partial charge in [-0.1, -0.05) is 11.6 Å². The molecular formula is C6H7ClN2O2. The molecule has 1 rings (SSSR count). The Morgan fingerprint density at radius 2 is 2.09 bits per heavy atom. The molecular weight excluding hydrogens is 168 g/mol. The molecule has 4 nitrogen and oxygen atoms in total. The molecule has 0 radical (unpaired) electrons. The highest BCUT2D eigenvalue weighted by molar-refractivity contribution is 6.30. The molecule has 0 aliphatic heterocycles. The summed E-state index contributed by atoms with van der Waals surface area (Å²) in [5, 5.41) is 0.201. The van der Waals surface area contributed by atoms with Crippen LogP contribution in [-0.4, -0.2) is 24.2 Å². The van der Waals surface area contributed by atoms with E-state index in [-0.39, 0.29) is 5.15 Å². The molecule has 0 saturated carbocycles. The van der Waals surface area contributed by atoms with Crippen molar-refractivity contribution >= 4 is 11.6 Å². The summed E-state index contributed by atoms with van der Waals surface area (Å²) in [6.07, 6.45) is 1.44. The highest BCUT2D eigenvalue weighted by Gasteiger charge is 2.03. The largest absolute Gasteiger partial charge is 0.480 e. The average Bonchev–Trinajstić information content (AvgIpc) is 2.04. The molecule has 1 heterocycles. The van der Waals surface area contributed by atoms with E-state index in [4.69, 9.17) is 21.1 Å². The van der Waals surface area contributed by atoms with E-state index in [0.717, 1.165) is 0 Å². The van der Waals surface area contributed by atoms with Gasteiger partial charge in [-0.3, -0.25) is 0 Å². The standard InChI is InChI=1S/C6H7ClN2O2/c1-10-4-3-8-6(11-2)5(7)9-4/h3H,1-2H3. The van der Waals surface area contributed by atoms with Crippen molar-refractivity contribution in [2.45, 2.75) is 0 Å². The van der Waals surface area contributed by atoms with Gasteiger partial charge in [0.15, 0.2) is 5.15 Å². The number of rotatable bonds is 2. The summed E-state index contributed by atoms with van der Waals surface area (Å²) in [5.41, 5.74) is 0. The van der Waals surface area contributed by atoms with E-state index in [2.05, 4.69) is 9.97 Å². The molecule has 11 heavy (non-hydrogen) atoms. The molecule has 0 fully saturated rings. The number of halogens is 1. The molecule has 60 valence electrons. The van der Waals surface area contributed by atoms with Gasteiger partial charge in [-0.25, -0.2) is 4.98 Å². The summed E-state index contributed by atoms with van der Waals surface area (Å²) in [7, 11) is 2.97. The maximum Gasteiger partial charge on any atom is 0.252 e. The molecule has 0 bridgehead atoms. The fraction of sp³-hybridized carbons (Fsp3) is 0.333. The first-order valence-corrected chi connectivity index (χ1v) is 3.26. The molecule has 0 aliphatic carbocycles. The zero-order valence-corrected chi connectivity index (χ0v) is 6.92. The third-order valence-electron chi connectivity index (χ3n) is 1.08. The van der Waals surface area contributed by atoms with Crippen LogP contribution in [0.2, 0.25) is 5.15 Å². The molecule has 5 heteroatoms. The van der Waals surface area contributed by atoms with E-state index < -0.39 is 0 Å². The highest BCUT2D eigenvalue weighted by atomic mass is 35.5. The zero-order chi connectivity index (χ0) is 8.27. The van der Waals surface area contributed by atoms with Crippen molar-refractivity contribution in [2.75, 3.05) is 14.2 Å². The van der Waals surface area contributed by atoms with Crippen LogP contribution in [0.3, 0.4) is 0 Å². The first-order chi connectivity index (χ1) is 5.27. The van der Waals surface area contributed by atoms with E-state index >= 15 is 0 Å². The Kier molecular flexibility index (Phi) is 2.48. The van der Waals surface area contributed by atoms with Crippen LogP contribution in [-0.2, 0) is 0 Å². The summed E-state index contributed by atoms with van der Waals surface area (Å²) >= 11 is 5.63. The van der Waals surface area contributed by atoms with Gasteiger partial charge in [0.05, 0.1) is 20.4 Å². The third kappa shape index (κ3) is 1.71. The Hall–Kier alpha value is -1.03. The van der Waals surface area contributed by atoms with Crippen molar-refractivity contribution in [1.82, 2.24) is 9.97 Å². The fourth-order valence-electron chi connectivity index (χ4n) is 0.576. The molecule has 1 aromatic rings. The quantitative estimate of drug-likeness (QED) is 0.675. The number of nitrogens with zero attached hydrogens (tertiary/aromatic N) is 2. The number of ether oxygens (including phenoxy) is 2. The molecule has 0 N–H and O–H groups in total. The summed E-state index contributed by atoms with van der Waals surface area (Å²) in [4.78, 5) is 7.64. The first-order valence-electron chi connectivity index (χ1n) is 2.88. The number of aromatic nitrogens is 2. The van der Waals surface area contributed by atoms with Gasteiger partial charge in [0.2, 0.25) is 5.88 Å². The van der Waals surface area contributed by atoms with Crippen molar-refractivity contribution in [1.29, 1.82) is 0 Å². The van der Waals surface area contributed by atoms with E-state index in [1.54, 1.807) is 0 Å². The van der Waals surface area contributed by atoms with Gasteiger partial charge in [0.25, 0.3) is 5.88 Å². The van der Waals surface area contributed by atoms with E-state index in [1.807, 2.05) is 0 Å². The predicted molar refractivity (Wildman–Crippen MR) is 40.1 cm³/mol. The van der Waals surface area contributed by atoms with Gasteiger partial charge >= 0.3 is 0 Å². The van der Waals surface area contributed by atoms with Gasteiger partial charge in [0.1, 0.15) is 0 Å². The van der Waals surface area contributed by atoms with Gasteiger partial charge in [0, 0.05) is 0 Å². The second-order valence-electron chi connectivity index (χ2n) is 1.71. The Bertz CT molecular complexity index is 254. The minimum absolute atomic E-state index is 0.201. The lowest BCUT2D eigenvalue weighted by Crippen LogP contribution is -1.93. The average molecular weight is 175 g/mol. The summed E-state index contributed by atoms with van der Waals surface area (Å²) in [6, 6.07) is 0. The predicted octanol–water partition coefficient (Wildman–Crippen LogP) is 1.15. The van der Waals surface area contributed by atoms with Crippen LogP contribution in [0.15, 0.2) is 6.20 Å². The zero-order valence-electron chi connectivity index (χ0n) is 6.17. The van der Waals surface area contributed by atoms with Crippen molar-refractivity contribution in [2.24, 2.45) is 0 Å². The molecule has 1 aromatic heterocycles.